The Kier molecular flexibility index (Phi) is 4.64. The number of carbonyl (C=O) groups is 2. The zero-order valence-corrected chi connectivity index (χ0v) is 13.0. The maximum Gasteiger partial charge on any atom is 0.327 e. The molecule has 1 saturated heterocycles. The third kappa shape index (κ3) is 2.81. The van der Waals surface area contributed by atoms with Gasteiger partial charge < -0.3 is 15.7 Å². The summed E-state index contributed by atoms with van der Waals surface area (Å²) in [7, 11) is 0. The Hall–Kier alpha value is -0.750. The molecule has 1 amide bonds. The summed E-state index contributed by atoms with van der Waals surface area (Å²) in [6, 6.07) is -0.685. The minimum Gasteiger partial charge on any atom is -0.480 e. The second kappa shape index (κ2) is 5.93. The molecular weight excluding hydrogens is 276 g/mol. The number of thioether (sulfide) groups is 1. The average Bonchev–Trinajstić information content (AvgIpc) is 2.78. The molecule has 0 aromatic carbocycles. The molecule has 2 atom stereocenters. The maximum atomic E-state index is 12.6. The first-order valence-electron chi connectivity index (χ1n) is 7.26. The van der Waals surface area contributed by atoms with Crippen LogP contribution in [0, 0.1) is 11.3 Å². The van der Waals surface area contributed by atoms with Crippen molar-refractivity contribution in [3.8, 4) is 0 Å². The van der Waals surface area contributed by atoms with Crippen LogP contribution >= 0.6 is 11.8 Å². The van der Waals surface area contributed by atoms with Crippen molar-refractivity contribution in [2.24, 2.45) is 17.1 Å². The van der Waals surface area contributed by atoms with Crippen molar-refractivity contribution in [1.29, 1.82) is 0 Å². The number of amides is 1. The highest BCUT2D eigenvalue weighted by Crippen LogP contribution is 2.44. The van der Waals surface area contributed by atoms with E-state index in [0.717, 1.165) is 19.3 Å². The summed E-state index contributed by atoms with van der Waals surface area (Å²) in [6.07, 6.45) is 3.49. The van der Waals surface area contributed by atoms with E-state index in [2.05, 4.69) is 0 Å². The molecule has 2 rings (SSSR count). The van der Waals surface area contributed by atoms with Gasteiger partial charge in [0.25, 0.3) is 0 Å². The molecule has 1 aliphatic heterocycles. The number of nitrogens with two attached hydrogens (primary N) is 1. The number of carboxylic acid groups (broad SMARTS) is 1. The zero-order chi connectivity index (χ0) is 14.9. The van der Waals surface area contributed by atoms with Crippen LogP contribution in [-0.4, -0.2) is 45.6 Å². The topological polar surface area (TPSA) is 83.6 Å². The van der Waals surface area contributed by atoms with E-state index in [-0.39, 0.29) is 22.6 Å². The van der Waals surface area contributed by atoms with Crippen molar-refractivity contribution in [3.63, 3.8) is 0 Å². The van der Waals surface area contributed by atoms with E-state index in [1.165, 1.54) is 0 Å². The first kappa shape index (κ1) is 15.6. The number of nitrogens with zero attached hydrogens (tertiary/aromatic N) is 1. The highest BCUT2D eigenvalue weighted by atomic mass is 32.2. The van der Waals surface area contributed by atoms with Gasteiger partial charge in [-0.25, -0.2) is 4.79 Å². The standard InChI is InChI=1S/C14H24N2O3S/c1-9(2)12-16(10(7-20-12)13(18)19)11(17)6-14(8-15)4-3-5-14/h9-10,12H,3-8,15H2,1-2H3,(H,18,19). The van der Waals surface area contributed by atoms with Gasteiger partial charge in [-0.3, -0.25) is 4.79 Å². The van der Waals surface area contributed by atoms with Crippen LogP contribution in [0.4, 0.5) is 0 Å². The van der Waals surface area contributed by atoms with Gasteiger partial charge in [0.05, 0.1) is 5.37 Å². The summed E-state index contributed by atoms with van der Waals surface area (Å²) in [5, 5.41) is 9.30. The smallest absolute Gasteiger partial charge is 0.327 e. The minimum absolute atomic E-state index is 0.0292. The Labute approximate surface area is 124 Å². The molecule has 1 saturated carbocycles. The van der Waals surface area contributed by atoms with E-state index in [1.807, 2.05) is 13.8 Å². The lowest BCUT2D eigenvalue weighted by molar-refractivity contribution is -0.151. The predicted molar refractivity (Wildman–Crippen MR) is 79.3 cm³/mol. The van der Waals surface area contributed by atoms with E-state index >= 15 is 0 Å². The number of carbonyl (C=O) groups excluding carboxylic acids is 1. The summed E-state index contributed by atoms with van der Waals surface area (Å²) in [5.41, 5.74) is 5.74. The van der Waals surface area contributed by atoms with Crippen LogP contribution in [-0.2, 0) is 9.59 Å². The van der Waals surface area contributed by atoms with Gasteiger partial charge in [0, 0.05) is 12.2 Å². The minimum atomic E-state index is -0.899. The molecule has 0 bridgehead atoms. The monoisotopic (exact) mass is 300 g/mol. The summed E-state index contributed by atoms with van der Waals surface area (Å²) in [5.74, 6) is -0.196. The van der Waals surface area contributed by atoms with Crippen LogP contribution in [0.2, 0.25) is 0 Å². The largest absolute Gasteiger partial charge is 0.480 e. The lowest BCUT2D eigenvalue weighted by Crippen LogP contribution is -2.50. The van der Waals surface area contributed by atoms with E-state index < -0.39 is 12.0 Å². The maximum absolute atomic E-state index is 12.6. The van der Waals surface area contributed by atoms with Gasteiger partial charge >= 0.3 is 5.97 Å². The number of hydrogen-bond acceptors (Lipinski definition) is 4. The van der Waals surface area contributed by atoms with Crippen LogP contribution in [0.15, 0.2) is 0 Å². The van der Waals surface area contributed by atoms with Crippen molar-refractivity contribution in [3.05, 3.63) is 0 Å². The van der Waals surface area contributed by atoms with Crippen molar-refractivity contribution < 1.29 is 14.7 Å². The Morgan fingerprint density at radius 3 is 2.50 bits per heavy atom. The average molecular weight is 300 g/mol. The summed E-state index contributed by atoms with van der Waals surface area (Å²) >= 11 is 1.58. The van der Waals surface area contributed by atoms with Crippen LogP contribution in [0.25, 0.3) is 0 Å². The lowest BCUT2D eigenvalue weighted by atomic mass is 9.66. The fourth-order valence-corrected chi connectivity index (χ4v) is 4.58. The number of aliphatic carboxylic acids is 1. The van der Waals surface area contributed by atoms with Gasteiger partial charge in [0.1, 0.15) is 6.04 Å². The van der Waals surface area contributed by atoms with Gasteiger partial charge in [0.2, 0.25) is 5.91 Å². The quantitative estimate of drug-likeness (QED) is 0.804. The Balaban J connectivity index is 2.12. The van der Waals surface area contributed by atoms with E-state index in [0.29, 0.717) is 18.7 Å². The summed E-state index contributed by atoms with van der Waals surface area (Å²) in [6.45, 7) is 4.58. The summed E-state index contributed by atoms with van der Waals surface area (Å²) < 4.78 is 0. The first-order chi connectivity index (χ1) is 9.40. The predicted octanol–water partition coefficient (Wildman–Crippen LogP) is 1.52. The molecule has 2 aliphatic rings. The second-order valence-corrected chi connectivity index (χ2v) is 7.51. The van der Waals surface area contributed by atoms with Gasteiger partial charge in [0.15, 0.2) is 0 Å². The van der Waals surface area contributed by atoms with Crippen molar-refractivity contribution in [2.45, 2.75) is 50.9 Å². The molecule has 0 spiro atoms. The molecule has 2 unspecified atom stereocenters. The highest BCUT2D eigenvalue weighted by molar-refractivity contribution is 8.00. The molecule has 2 fully saturated rings. The van der Waals surface area contributed by atoms with Gasteiger partial charge in [-0.1, -0.05) is 20.3 Å². The normalized spacial score (nSPS) is 28.5. The third-order valence-electron chi connectivity index (χ3n) is 4.55. The molecular formula is C14H24N2O3S. The first-order valence-corrected chi connectivity index (χ1v) is 8.31. The van der Waals surface area contributed by atoms with Crippen molar-refractivity contribution in [2.75, 3.05) is 12.3 Å². The molecule has 20 heavy (non-hydrogen) atoms. The molecule has 1 heterocycles. The van der Waals surface area contributed by atoms with Gasteiger partial charge in [-0.2, -0.15) is 0 Å². The number of carboxylic acids is 1. The second-order valence-electron chi connectivity index (χ2n) is 6.36. The summed E-state index contributed by atoms with van der Waals surface area (Å²) in [4.78, 5) is 25.6. The SMILES string of the molecule is CC(C)C1SCC(C(=O)O)N1C(=O)CC1(CN)CCC1. The van der Waals surface area contributed by atoms with E-state index in [1.54, 1.807) is 16.7 Å². The third-order valence-corrected chi connectivity index (χ3v) is 6.17. The van der Waals surface area contributed by atoms with Crippen molar-refractivity contribution >= 4 is 23.6 Å². The molecule has 6 heteroatoms. The number of rotatable bonds is 5. The van der Waals surface area contributed by atoms with Crippen LogP contribution in [0.5, 0.6) is 0 Å². The molecule has 1 aliphatic carbocycles. The number of hydrogen-bond donors (Lipinski definition) is 2. The van der Waals surface area contributed by atoms with E-state index in [4.69, 9.17) is 5.73 Å². The fourth-order valence-electron chi connectivity index (χ4n) is 3.09. The van der Waals surface area contributed by atoms with Crippen LogP contribution < -0.4 is 5.73 Å². The molecule has 114 valence electrons. The Bertz CT molecular complexity index is 390. The molecule has 0 aromatic heterocycles. The molecule has 0 radical (unpaired) electrons. The molecule has 0 aromatic rings. The van der Waals surface area contributed by atoms with Crippen molar-refractivity contribution in [1.82, 2.24) is 4.90 Å². The van der Waals surface area contributed by atoms with Gasteiger partial charge in [-0.05, 0) is 30.7 Å². The Morgan fingerprint density at radius 2 is 2.10 bits per heavy atom. The van der Waals surface area contributed by atoms with Crippen LogP contribution in [0.1, 0.15) is 39.5 Å². The molecule has 5 nitrogen and oxygen atoms in total. The lowest BCUT2D eigenvalue weighted by Gasteiger charge is -2.42. The molecule has 3 N–H and O–H groups in total. The highest BCUT2D eigenvalue weighted by Gasteiger charge is 2.46. The fraction of sp³-hybridized carbons (Fsp3) is 0.857. The van der Waals surface area contributed by atoms with Gasteiger partial charge in [-0.15, -0.1) is 11.8 Å². The Morgan fingerprint density at radius 1 is 1.45 bits per heavy atom. The van der Waals surface area contributed by atoms with Crippen LogP contribution in [0.3, 0.4) is 0 Å². The zero-order valence-electron chi connectivity index (χ0n) is 12.2. The van der Waals surface area contributed by atoms with E-state index in [9.17, 15) is 14.7 Å².